The molecule has 2 rings (SSSR count). The van der Waals surface area contributed by atoms with E-state index in [-0.39, 0.29) is 12.0 Å². The van der Waals surface area contributed by atoms with Gasteiger partial charge in [-0.2, -0.15) is 5.10 Å². The number of benzene rings is 1. The van der Waals surface area contributed by atoms with Crippen molar-refractivity contribution in [3.8, 4) is 0 Å². The number of hydrazone groups is 1. The molecule has 0 atom stereocenters. The Morgan fingerprint density at radius 3 is 2.46 bits per heavy atom. The summed E-state index contributed by atoms with van der Waals surface area (Å²) in [6, 6.07) is 7.86. The second-order valence-electron chi connectivity index (χ2n) is 5.80. The maximum absolute atomic E-state index is 11.9. The lowest BCUT2D eigenvalue weighted by Gasteiger charge is -2.05. The molecule has 126 valence electrons. The minimum absolute atomic E-state index is 0.165. The van der Waals surface area contributed by atoms with E-state index in [1.807, 2.05) is 24.3 Å². The summed E-state index contributed by atoms with van der Waals surface area (Å²) < 4.78 is 0. The van der Waals surface area contributed by atoms with Crippen molar-refractivity contribution in [2.24, 2.45) is 5.10 Å². The summed E-state index contributed by atoms with van der Waals surface area (Å²) in [5, 5.41) is 3.88. The molecule has 1 amide bonds. The van der Waals surface area contributed by atoms with Gasteiger partial charge in [-0.1, -0.05) is 38.1 Å². The number of carbonyl (C=O) groups is 1. The molecule has 0 aliphatic carbocycles. The van der Waals surface area contributed by atoms with Gasteiger partial charge in [-0.15, -0.1) is 0 Å². The number of hydrogen-bond donors (Lipinski definition) is 3. The zero-order valence-electron chi connectivity index (χ0n) is 13.8. The van der Waals surface area contributed by atoms with Crippen LogP contribution in [-0.4, -0.2) is 22.1 Å². The second-order valence-corrected chi connectivity index (χ2v) is 5.80. The van der Waals surface area contributed by atoms with E-state index in [9.17, 15) is 14.4 Å². The Morgan fingerprint density at radius 2 is 1.88 bits per heavy atom. The predicted octanol–water partition coefficient (Wildman–Crippen LogP) is 1.19. The van der Waals surface area contributed by atoms with Crippen molar-refractivity contribution >= 4 is 12.1 Å². The largest absolute Gasteiger partial charge is 0.325 e. The molecular weight excluding hydrogens is 308 g/mol. The van der Waals surface area contributed by atoms with Crippen LogP contribution in [0.5, 0.6) is 0 Å². The van der Waals surface area contributed by atoms with Crippen LogP contribution < -0.4 is 16.7 Å². The molecule has 0 fully saturated rings. The standard InChI is InChI=1S/C17H20N4O3/c1-10(2)13-6-4-12(5-7-13)9-18-21-15(22)8-14-11(3)19-17(24)20-16(14)23/h4-7,9-10H,8H2,1-3H3,(H,21,22)(H2,19,20,23,24)/b18-9-. The fraction of sp³-hybridized carbons (Fsp3) is 0.294. The molecule has 0 radical (unpaired) electrons. The lowest BCUT2D eigenvalue weighted by molar-refractivity contribution is -0.120. The Hall–Kier alpha value is -2.96. The number of aromatic nitrogens is 2. The fourth-order valence-corrected chi connectivity index (χ4v) is 2.18. The highest BCUT2D eigenvalue weighted by Crippen LogP contribution is 2.13. The number of carbonyl (C=O) groups excluding carboxylic acids is 1. The van der Waals surface area contributed by atoms with Crippen molar-refractivity contribution in [2.45, 2.75) is 33.1 Å². The first-order chi connectivity index (χ1) is 11.4. The Kier molecular flexibility index (Phi) is 5.47. The SMILES string of the molecule is Cc1[nH]c(=O)[nH]c(=O)c1CC(=O)N/N=C\c1ccc(C(C)C)cc1. The van der Waals surface area contributed by atoms with Gasteiger partial charge in [-0.3, -0.25) is 14.6 Å². The van der Waals surface area contributed by atoms with Gasteiger partial charge >= 0.3 is 5.69 Å². The van der Waals surface area contributed by atoms with Crippen LogP contribution in [0.4, 0.5) is 0 Å². The summed E-state index contributed by atoms with van der Waals surface area (Å²) in [7, 11) is 0. The van der Waals surface area contributed by atoms with Gasteiger partial charge in [0.25, 0.3) is 5.56 Å². The molecule has 3 N–H and O–H groups in total. The molecule has 0 bridgehead atoms. The van der Waals surface area contributed by atoms with Gasteiger partial charge in [0, 0.05) is 11.3 Å². The zero-order chi connectivity index (χ0) is 17.7. The lowest BCUT2D eigenvalue weighted by Crippen LogP contribution is -2.30. The van der Waals surface area contributed by atoms with Crippen molar-refractivity contribution in [3.63, 3.8) is 0 Å². The van der Waals surface area contributed by atoms with Gasteiger partial charge in [0.15, 0.2) is 0 Å². The van der Waals surface area contributed by atoms with Crippen LogP contribution in [-0.2, 0) is 11.2 Å². The minimum Gasteiger partial charge on any atom is -0.311 e. The normalized spacial score (nSPS) is 11.2. The predicted molar refractivity (Wildman–Crippen MR) is 92.4 cm³/mol. The Bertz CT molecular complexity index is 861. The molecule has 1 heterocycles. The first-order valence-corrected chi connectivity index (χ1v) is 7.60. The van der Waals surface area contributed by atoms with E-state index < -0.39 is 17.2 Å². The van der Waals surface area contributed by atoms with Gasteiger partial charge in [0.05, 0.1) is 12.6 Å². The van der Waals surface area contributed by atoms with Crippen molar-refractivity contribution in [2.75, 3.05) is 0 Å². The first-order valence-electron chi connectivity index (χ1n) is 7.60. The Morgan fingerprint density at radius 1 is 1.21 bits per heavy atom. The highest BCUT2D eigenvalue weighted by molar-refractivity contribution is 5.83. The van der Waals surface area contributed by atoms with Crippen LogP contribution in [0.1, 0.15) is 42.1 Å². The third-order valence-electron chi connectivity index (χ3n) is 3.60. The summed E-state index contributed by atoms with van der Waals surface area (Å²) in [5.41, 5.74) is 3.87. The number of rotatable bonds is 5. The van der Waals surface area contributed by atoms with E-state index in [4.69, 9.17) is 0 Å². The van der Waals surface area contributed by atoms with E-state index in [1.165, 1.54) is 11.8 Å². The van der Waals surface area contributed by atoms with Crippen LogP contribution in [0.15, 0.2) is 39.0 Å². The average molecular weight is 328 g/mol. The molecule has 7 nitrogen and oxygen atoms in total. The van der Waals surface area contributed by atoms with E-state index in [0.717, 1.165) is 5.56 Å². The van der Waals surface area contributed by atoms with E-state index >= 15 is 0 Å². The second kappa shape index (κ2) is 7.54. The van der Waals surface area contributed by atoms with Gasteiger partial charge < -0.3 is 4.98 Å². The minimum atomic E-state index is -0.593. The third kappa shape index (κ3) is 4.52. The van der Waals surface area contributed by atoms with Crippen LogP contribution >= 0.6 is 0 Å². The van der Waals surface area contributed by atoms with Crippen molar-refractivity contribution in [3.05, 3.63) is 67.5 Å². The zero-order valence-corrected chi connectivity index (χ0v) is 13.8. The highest BCUT2D eigenvalue weighted by atomic mass is 16.2. The van der Waals surface area contributed by atoms with Gasteiger partial charge in [0.1, 0.15) is 0 Å². The first kappa shape index (κ1) is 17.4. The van der Waals surface area contributed by atoms with Crippen molar-refractivity contribution < 1.29 is 4.79 Å². The topological polar surface area (TPSA) is 107 Å². The van der Waals surface area contributed by atoms with Crippen molar-refractivity contribution in [1.82, 2.24) is 15.4 Å². The molecule has 24 heavy (non-hydrogen) atoms. The number of nitrogens with one attached hydrogen (secondary N) is 3. The molecular formula is C17H20N4O3. The molecule has 7 heteroatoms. The summed E-state index contributed by atoms with van der Waals surface area (Å²) in [5.74, 6) is 0.0139. The maximum Gasteiger partial charge on any atom is 0.325 e. The summed E-state index contributed by atoms with van der Waals surface area (Å²) >= 11 is 0. The summed E-state index contributed by atoms with van der Waals surface area (Å²) in [6.07, 6.45) is 1.37. The Balaban J connectivity index is 1.98. The molecule has 0 aliphatic rings. The third-order valence-corrected chi connectivity index (χ3v) is 3.60. The number of amides is 1. The fourth-order valence-electron chi connectivity index (χ4n) is 2.18. The molecule has 1 aromatic heterocycles. The molecule has 0 spiro atoms. The van der Waals surface area contributed by atoms with Crippen LogP contribution in [0, 0.1) is 6.92 Å². The molecule has 0 aliphatic heterocycles. The van der Waals surface area contributed by atoms with Crippen LogP contribution in [0.25, 0.3) is 0 Å². The molecule has 0 saturated heterocycles. The van der Waals surface area contributed by atoms with E-state index in [0.29, 0.717) is 11.6 Å². The molecule has 0 unspecified atom stereocenters. The number of nitrogens with zero attached hydrogens (tertiary/aromatic N) is 1. The quantitative estimate of drug-likeness (QED) is 0.567. The molecule has 2 aromatic rings. The van der Waals surface area contributed by atoms with Crippen LogP contribution in [0.2, 0.25) is 0 Å². The van der Waals surface area contributed by atoms with Crippen molar-refractivity contribution in [1.29, 1.82) is 0 Å². The van der Waals surface area contributed by atoms with E-state index in [1.54, 1.807) is 6.92 Å². The van der Waals surface area contributed by atoms with E-state index in [2.05, 4.69) is 34.3 Å². The lowest BCUT2D eigenvalue weighted by atomic mass is 10.0. The Labute approximate surface area is 138 Å². The summed E-state index contributed by atoms with van der Waals surface area (Å²) in [4.78, 5) is 39.2. The highest BCUT2D eigenvalue weighted by Gasteiger charge is 2.10. The van der Waals surface area contributed by atoms with Gasteiger partial charge in [-0.25, -0.2) is 10.2 Å². The number of hydrogen-bond acceptors (Lipinski definition) is 4. The number of aromatic amines is 2. The smallest absolute Gasteiger partial charge is 0.311 e. The van der Waals surface area contributed by atoms with Crippen LogP contribution in [0.3, 0.4) is 0 Å². The number of H-pyrrole nitrogens is 2. The molecule has 1 aromatic carbocycles. The van der Waals surface area contributed by atoms with Gasteiger partial charge in [-0.05, 0) is 24.0 Å². The monoisotopic (exact) mass is 328 g/mol. The molecule has 0 saturated carbocycles. The van der Waals surface area contributed by atoms with Gasteiger partial charge in [0.2, 0.25) is 5.91 Å². The summed E-state index contributed by atoms with van der Waals surface area (Å²) in [6.45, 7) is 5.80. The maximum atomic E-state index is 11.9. The average Bonchev–Trinajstić information content (AvgIpc) is 2.51. The number of aryl methyl sites for hydroxylation is 1.